The Hall–Kier alpha value is -0.610. The van der Waals surface area contributed by atoms with Gasteiger partial charge in [-0.2, -0.15) is 0 Å². The first-order chi connectivity index (χ1) is 7.57. The van der Waals surface area contributed by atoms with Crippen molar-refractivity contribution in [2.24, 2.45) is 5.73 Å². The van der Waals surface area contributed by atoms with Crippen molar-refractivity contribution in [2.45, 2.75) is 45.1 Å². The van der Waals surface area contributed by atoms with E-state index in [0.717, 1.165) is 18.2 Å². The third kappa shape index (κ3) is 2.74. The topological polar surface area (TPSA) is 42.1 Å². The number of hydrogen-bond acceptors (Lipinski definition) is 4. The number of aromatic nitrogens is 1. The maximum Gasteiger partial charge on any atom is 0.185 e. The van der Waals surface area contributed by atoms with Crippen LogP contribution < -0.4 is 10.6 Å². The minimum Gasteiger partial charge on any atom is -0.348 e. The molecular formula is C12H21N3S. The zero-order chi connectivity index (χ0) is 11.6. The summed E-state index contributed by atoms with van der Waals surface area (Å²) >= 11 is 1.75. The maximum atomic E-state index is 6.08. The molecule has 0 saturated carbocycles. The molecule has 1 saturated heterocycles. The average Bonchev–Trinajstić information content (AvgIpc) is 2.55. The molecule has 1 aromatic heterocycles. The fourth-order valence-corrected chi connectivity index (χ4v) is 2.95. The molecule has 2 rings (SSSR count). The second-order valence-electron chi connectivity index (χ2n) is 5.13. The fraction of sp³-hybridized carbons (Fsp3) is 0.750. The Morgan fingerprint density at radius 3 is 2.38 bits per heavy atom. The molecular weight excluding hydrogens is 218 g/mol. The molecule has 3 nitrogen and oxygen atoms in total. The molecule has 0 aromatic carbocycles. The highest BCUT2D eigenvalue weighted by atomic mass is 32.1. The Balaban J connectivity index is 2.11. The zero-order valence-corrected chi connectivity index (χ0v) is 11.0. The van der Waals surface area contributed by atoms with Crippen LogP contribution in [0.5, 0.6) is 0 Å². The lowest BCUT2D eigenvalue weighted by molar-refractivity contribution is 0.566. The molecule has 0 atom stereocenters. The number of anilines is 1. The van der Waals surface area contributed by atoms with Gasteiger partial charge in [-0.05, 0) is 26.7 Å². The Labute approximate surface area is 102 Å². The lowest BCUT2D eigenvalue weighted by Gasteiger charge is -2.19. The van der Waals surface area contributed by atoms with Crippen LogP contribution in [0.2, 0.25) is 0 Å². The van der Waals surface area contributed by atoms with Gasteiger partial charge in [-0.15, -0.1) is 11.3 Å². The molecule has 90 valence electrons. The van der Waals surface area contributed by atoms with Gasteiger partial charge in [0.15, 0.2) is 5.13 Å². The zero-order valence-electron chi connectivity index (χ0n) is 10.2. The Bertz CT molecular complexity index is 332. The van der Waals surface area contributed by atoms with E-state index >= 15 is 0 Å². The first-order valence-electron chi connectivity index (χ1n) is 6.07. The predicted octanol–water partition coefficient (Wildman–Crippen LogP) is 2.72. The summed E-state index contributed by atoms with van der Waals surface area (Å²) in [6, 6.07) is 0. The van der Waals surface area contributed by atoms with Gasteiger partial charge in [-0.25, -0.2) is 4.98 Å². The third-order valence-electron chi connectivity index (χ3n) is 3.01. The van der Waals surface area contributed by atoms with Crippen molar-refractivity contribution in [1.29, 1.82) is 0 Å². The van der Waals surface area contributed by atoms with Gasteiger partial charge in [0.1, 0.15) is 0 Å². The number of thiazole rings is 1. The van der Waals surface area contributed by atoms with Crippen LogP contribution in [0.15, 0.2) is 6.20 Å². The standard InChI is InChI=1S/C12H21N3S/c1-12(2,13)10-9-14-11(16-10)15-7-5-3-4-6-8-15/h9H,3-8,13H2,1-2H3. The van der Waals surface area contributed by atoms with Crippen LogP contribution in [0.3, 0.4) is 0 Å². The summed E-state index contributed by atoms with van der Waals surface area (Å²) in [5, 5.41) is 1.15. The minimum absolute atomic E-state index is 0.262. The van der Waals surface area contributed by atoms with E-state index in [2.05, 4.69) is 9.88 Å². The van der Waals surface area contributed by atoms with E-state index in [1.165, 1.54) is 30.6 Å². The average molecular weight is 239 g/mol. The van der Waals surface area contributed by atoms with E-state index in [0.29, 0.717) is 0 Å². The number of hydrogen-bond donors (Lipinski definition) is 1. The van der Waals surface area contributed by atoms with Crippen molar-refractivity contribution in [1.82, 2.24) is 4.98 Å². The summed E-state index contributed by atoms with van der Waals surface area (Å²) in [7, 11) is 0. The summed E-state index contributed by atoms with van der Waals surface area (Å²) < 4.78 is 0. The predicted molar refractivity (Wildman–Crippen MR) is 70.0 cm³/mol. The smallest absolute Gasteiger partial charge is 0.185 e. The van der Waals surface area contributed by atoms with Crippen molar-refractivity contribution in [3.8, 4) is 0 Å². The van der Waals surface area contributed by atoms with Crippen LogP contribution in [0.4, 0.5) is 5.13 Å². The molecule has 1 aromatic rings. The molecule has 0 radical (unpaired) electrons. The Kier molecular flexibility index (Phi) is 3.50. The van der Waals surface area contributed by atoms with Crippen LogP contribution >= 0.6 is 11.3 Å². The summed E-state index contributed by atoms with van der Waals surface area (Å²) in [4.78, 5) is 8.09. The monoisotopic (exact) mass is 239 g/mol. The van der Waals surface area contributed by atoms with E-state index < -0.39 is 0 Å². The molecule has 0 bridgehead atoms. The normalized spacial score (nSPS) is 18.6. The molecule has 2 heterocycles. The quantitative estimate of drug-likeness (QED) is 0.863. The first kappa shape index (κ1) is 11.9. The van der Waals surface area contributed by atoms with Gasteiger partial charge in [0.2, 0.25) is 0 Å². The molecule has 1 fully saturated rings. The Morgan fingerprint density at radius 1 is 1.25 bits per heavy atom. The van der Waals surface area contributed by atoms with Crippen LogP contribution in [0.1, 0.15) is 44.4 Å². The van der Waals surface area contributed by atoms with Gasteiger partial charge < -0.3 is 10.6 Å². The van der Waals surface area contributed by atoms with Crippen LogP contribution in [-0.4, -0.2) is 18.1 Å². The van der Waals surface area contributed by atoms with Gasteiger partial charge in [0, 0.05) is 29.7 Å². The van der Waals surface area contributed by atoms with Crippen molar-refractivity contribution < 1.29 is 0 Å². The highest BCUT2D eigenvalue weighted by molar-refractivity contribution is 7.15. The van der Waals surface area contributed by atoms with Crippen molar-refractivity contribution in [3.05, 3.63) is 11.1 Å². The minimum atomic E-state index is -0.262. The maximum absolute atomic E-state index is 6.08. The first-order valence-corrected chi connectivity index (χ1v) is 6.89. The van der Waals surface area contributed by atoms with E-state index in [9.17, 15) is 0 Å². The fourth-order valence-electron chi connectivity index (χ4n) is 1.97. The largest absolute Gasteiger partial charge is 0.348 e. The Morgan fingerprint density at radius 2 is 1.88 bits per heavy atom. The van der Waals surface area contributed by atoms with E-state index in [1.54, 1.807) is 11.3 Å². The van der Waals surface area contributed by atoms with Crippen molar-refractivity contribution >= 4 is 16.5 Å². The van der Waals surface area contributed by atoms with E-state index in [1.807, 2.05) is 20.0 Å². The molecule has 0 aliphatic carbocycles. The number of rotatable bonds is 2. The van der Waals surface area contributed by atoms with Gasteiger partial charge in [0.05, 0.1) is 0 Å². The second kappa shape index (κ2) is 4.72. The molecule has 1 aliphatic rings. The van der Waals surface area contributed by atoms with E-state index in [-0.39, 0.29) is 5.54 Å². The molecule has 0 spiro atoms. The van der Waals surface area contributed by atoms with Gasteiger partial charge in [-0.3, -0.25) is 0 Å². The molecule has 0 amide bonds. The summed E-state index contributed by atoms with van der Waals surface area (Å²) in [6.45, 7) is 6.37. The molecule has 2 N–H and O–H groups in total. The number of nitrogens with two attached hydrogens (primary N) is 1. The molecule has 1 aliphatic heterocycles. The highest BCUT2D eigenvalue weighted by Gasteiger charge is 2.20. The summed E-state index contributed by atoms with van der Waals surface area (Å²) in [6.07, 6.45) is 7.24. The van der Waals surface area contributed by atoms with Crippen LogP contribution in [0, 0.1) is 0 Å². The van der Waals surface area contributed by atoms with Crippen LogP contribution in [0.25, 0.3) is 0 Å². The van der Waals surface area contributed by atoms with Gasteiger partial charge >= 0.3 is 0 Å². The highest BCUT2D eigenvalue weighted by Crippen LogP contribution is 2.30. The molecule has 4 heteroatoms. The van der Waals surface area contributed by atoms with Crippen LogP contribution in [-0.2, 0) is 5.54 Å². The lowest BCUT2D eigenvalue weighted by Crippen LogP contribution is -2.27. The SMILES string of the molecule is CC(C)(N)c1cnc(N2CCCCCC2)s1. The van der Waals surface area contributed by atoms with Gasteiger partial charge in [0.25, 0.3) is 0 Å². The molecule has 16 heavy (non-hydrogen) atoms. The summed E-state index contributed by atoms with van der Waals surface area (Å²) in [5.74, 6) is 0. The lowest BCUT2D eigenvalue weighted by atomic mass is 10.1. The van der Waals surface area contributed by atoms with Crippen molar-refractivity contribution in [2.75, 3.05) is 18.0 Å². The third-order valence-corrected chi connectivity index (χ3v) is 4.40. The molecule has 0 unspecified atom stereocenters. The van der Waals surface area contributed by atoms with Gasteiger partial charge in [-0.1, -0.05) is 12.8 Å². The second-order valence-corrected chi connectivity index (χ2v) is 6.14. The summed E-state index contributed by atoms with van der Waals surface area (Å²) in [5.41, 5.74) is 5.82. The number of nitrogens with zero attached hydrogens (tertiary/aromatic N) is 2. The van der Waals surface area contributed by atoms with Crippen molar-refractivity contribution in [3.63, 3.8) is 0 Å². The van der Waals surface area contributed by atoms with E-state index in [4.69, 9.17) is 5.73 Å².